The van der Waals surface area contributed by atoms with Crippen molar-refractivity contribution < 1.29 is 0 Å². The van der Waals surface area contributed by atoms with E-state index >= 15 is 0 Å². The van der Waals surface area contributed by atoms with Crippen molar-refractivity contribution in [1.29, 1.82) is 0 Å². The van der Waals surface area contributed by atoms with Crippen LogP contribution in [0.25, 0.3) is 0 Å². The highest BCUT2D eigenvalue weighted by Crippen LogP contribution is 1.75. The molecule has 1 aromatic heterocycles. The van der Waals surface area contributed by atoms with Crippen molar-refractivity contribution in [3.63, 3.8) is 0 Å². The van der Waals surface area contributed by atoms with Crippen LogP contribution in [0.5, 0.6) is 0 Å². The van der Waals surface area contributed by atoms with Gasteiger partial charge in [0.25, 0.3) is 5.56 Å². The number of hydrogen-bond acceptors (Lipinski definition) is 2. The van der Waals surface area contributed by atoms with E-state index in [0.717, 1.165) is 0 Å². The molecule has 0 aliphatic heterocycles. The molecule has 1 heterocycles. The van der Waals surface area contributed by atoms with Gasteiger partial charge in [0.15, 0.2) is 0 Å². The van der Waals surface area contributed by atoms with Crippen molar-refractivity contribution >= 4 is 0 Å². The molecule has 0 aliphatic carbocycles. The van der Waals surface area contributed by atoms with Crippen molar-refractivity contribution in [2.45, 2.75) is 6.92 Å². The first-order valence-electron chi connectivity index (χ1n) is 2.30. The molecule has 0 saturated heterocycles. The number of aryl methyl sites for hydroxylation is 1. The summed E-state index contributed by atoms with van der Waals surface area (Å²) in [6.45, 7) is 1.71. The fraction of sp³-hybridized carbons (Fsp3) is 0.200. The van der Waals surface area contributed by atoms with E-state index in [-0.39, 0.29) is 5.56 Å². The van der Waals surface area contributed by atoms with Crippen LogP contribution in [0.1, 0.15) is 5.56 Å². The van der Waals surface area contributed by atoms with E-state index in [1.807, 2.05) is 0 Å². The quantitative estimate of drug-likeness (QED) is 0.514. The zero-order valence-electron chi connectivity index (χ0n) is 4.51. The van der Waals surface area contributed by atoms with Gasteiger partial charge in [-0.3, -0.25) is 4.79 Å². The van der Waals surface area contributed by atoms with Gasteiger partial charge < -0.3 is 4.98 Å². The van der Waals surface area contributed by atoms with Crippen molar-refractivity contribution in [1.82, 2.24) is 9.97 Å². The molecule has 0 bridgehead atoms. The average molecular weight is 110 g/mol. The normalized spacial score (nSPS) is 9.12. The number of hydrogen-bond donors (Lipinski definition) is 1. The molecule has 1 rings (SSSR count). The molecule has 0 atom stereocenters. The molecular weight excluding hydrogens is 104 g/mol. The largest absolute Gasteiger partial charge is 0.313 e. The SMILES string of the molecule is Cc1cnc[nH]c1=O. The van der Waals surface area contributed by atoms with Crippen LogP contribution in [0.3, 0.4) is 0 Å². The van der Waals surface area contributed by atoms with Gasteiger partial charge >= 0.3 is 0 Å². The second kappa shape index (κ2) is 1.78. The van der Waals surface area contributed by atoms with Gasteiger partial charge in [0.05, 0.1) is 6.33 Å². The maximum absolute atomic E-state index is 10.5. The second-order valence-electron chi connectivity index (χ2n) is 1.56. The molecule has 0 fully saturated rings. The van der Waals surface area contributed by atoms with E-state index in [4.69, 9.17) is 0 Å². The Morgan fingerprint density at radius 2 is 2.50 bits per heavy atom. The van der Waals surface area contributed by atoms with Gasteiger partial charge in [0.1, 0.15) is 0 Å². The van der Waals surface area contributed by atoms with E-state index in [1.54, 1.807) is 6.92 Å². The van der Waals surface area contributed by atoms with Crippen molar-refractivity contribution in [3.05, 3.63) is 28.4 Å². The lowest BCUT2D eigenvalue weighted by molar-refractivity contribution is 1.08. The van der Waals surface area contributed by atoms with Crippen LogP contribution in [0.2, 0.25) is 0 Å². The first-order chi connectivity index (χ1) is 3.80. The predicted octanol–water partition coefficient (Wildman–Crippen LogP) is 0.0783. The Morgan fingerprint density at radius 1 is 1.75 bits per heavy atom. The smallest absolute Gasteiger partial charge is 0.253 e. The summed E-state index contributed by atoms with van der Waals surface area (Å²) < 4.78 is 0. The van der Waals surface area contributed by atoms with E-state index in [9.17, 15) is 4.79 Å². The first kappa shape index (κ1) is 5.03. The summed E-state index contributed by atoms with van der Waals surface area (Å²) in [5.74, 6) is 0. The van der Waals surface area contributed by atoms with Gasteiger partial charge in [0.2, 0.25) is 0 Å². The van der Waals surface area contributed by atoms with Crippen molar-refractivity contribution in [3.8, 4) is 0 Å². The summed E-state index contributed by atoms with van der Waals surface area (Å²) in [4.78, 5) is 16.6. The maximum atomic E-state index is 10.5. The molecule has 3 nitrogen and oxygen atoms in total. The van der Waals surface area contributed by atoms with Gasteiger partial charge in [-0.2, -0.15) is 0 Å². The van der Waals surface area contributed by atoms with Crippen molar-refractivity contribution in [2.75, 3.05) is 0 Å². The molecule has 1 aromatic rings. The van der Waals surface area contributed by atoms with Gasteiger partial charge in [-0.25, -0.2) is 4.98 Å². The van der Waals surface area contributed by atoms with E-state index in [2.05, 4.69) is 9.97 Å². The monoisotopic (exact) mass is 110 g/mol. The third-order valence-corrected chi connectivity index (χ3v) is 0.897. The summed E-state index contributed by atoms with van der Waals surface area (Å²) in [5, 5.41) is 0. The Labute approximate surface area is 46.4 Å². The molecule has 42 valence electrons. The molecule has 0 aromatic carbocycles. The number of nitrogens with zero attached hydrogens (tertiary/aromatic N) is 1. The molecule has 0 radical (unpaired) electrons. The topological polar surface area (TPSA) is 45.8 Å². The minimum Gasteiger partial charge on any atom is -0.313 e. The predicted molar refractivity (Wildman–Crippen MR) is 29.6 cm³/mol. The molecule has 0 unspecified atom stereocenters. The molecule has 0 saturated carbocycles. The zero-order chi connectivity index (χ0) is 5.98. The Balaban J connectivity index is 3.35. The highest BCUT2D eigenvalue weighted by atomic mass is 16.1. The number of H-pyrrole nitrogens is 1. The fourth-order valence-electron chi connectivity index (χ4n) is 0.417. The van der Waals surface area contributed by atoms with Gasteiger partial charge in [0, 0.05) is 11.8 Å². The summed E-state index contributed by atoms with van der Waals surface area (Å²) in [6.07, 6.45) is 2.90. The third-order valence-electron chi connectivity index (χ3n) is 0.897. The van der Waals surface area contributed by atoms with Gasteiger partial charge in [-0.1, -0.05) is 0 Å². The van der Waals surface area contributed by atoms with Crippen LogP contribution in [0, 0.1) is 6.92 Å². The Morgan fingerprint density at radius 3 is 2.88 bits per heavy atom. The maximum Gasteiger partial charge on any atom is 0.253 e. The molecule has 0 spiro atoms. The van der Waals surface area contributed by atoms with Crippen LogP contribution in [0.4, 0.5) is 0 Å². The summed E-state index contributed by atoms with van der Waals surface area (Å²) in [6, 6.07) is 0. The van der Waals surface area contributed by atoms with E-state index < -0.39 is 0 Å². The Bertz CT molecular complexity index is 228. The number of aromatic nitrogens is 2. The van der Waals surface area contributed by atoms with Crippen LogP contribution >= 0.6 is 0 Å². The third kappa shape index (κ3) is 0.753. The van der Waals surface area contributed by atoms with Gasteiger partial charge in [-0.15, -0.1) is 0 Å². The minimum absolute atomic E-state index is 0.0694. The van der Waals surface area contributed by atoms with Crippen LogP contribution in [0.15, 0.2) is 17.3 Å². The minimum atomic E-state index is -0.0694. The zero-order valence-corrected chi connectivity index (χ0v) is 4.51. The average Bonchev–Trinajstić information content (AvgIpc) is 1.77. The van der Waals surface area contributed by atoms with Gasteiger partial charge in [-0.05, 0) is 6.92 Å². The summed E-state index contributed by atoms with van der Waals surface area (Å²) in [5.41, 5.74) is 0.576. The van der Waals surface area contributed by atoms with E-state index in [0.29, 0.717) is 5.56 Å². The Hall–Kier alpha value is -1.12. The Kier molecular flexibility index (Phi) is 1.12. The van der Waals surface area contributed by atoms with Crippen LogP contribution < -0.4 is 5.56 Å². The number of nitrogens with one attached hydrogen (secondary N) is 1. The lowest BCUT2D eigenvalue weighted by Crippen LogP contribution is -2.07. The number of rotatable bonds is 0. The molecular formula is C5H6N2O. The molecule has 3 heteroatoms. The van der Waals surface area contributed by atoms with Crippen LogP contribution in [-0.2, 0) is 0 Å². The highest BCUT2D eigenvalue weighted by Gasteiger charge is 1.84. The lowest BCUT2D eigenvalue weighted by atomic mass is 10.4. The molecule has 0 aliphatic rings. The molecule has 0 amide bonds. The first-order valence-corrected chi connectivity index (χ1v) is 2.30. The standard InChI is InChI=1S/C5H6N2O/c1-4-2-6-3-7-5(4)8/h2-3H,1H3,(H,6,7,8). The summed E-state index contributed by atoms with van der Waals surface area (Å²) >= 11 is 0. The summed E-state index contributed by atoms with van der Waals surface area (Å²) in [7, 11) is 0. The second-order valence-corrected chi connectivity index (χ2v) is 1.56. The fourth-order valence-corrected chi connectivity index (χ4v) is 0.417. The van der Waals surface area contributed by atoms with E-state index in [1.165, 1.54) is 12.5 Å². The number of aromatic amines is 1. The molecule has 8 heavy (non-hydrogen) atoms. The van der Waals surface area contributed by atoms with Crippen molar-refractivity contribution in [2.24, 2.45) is 0 Å². The molecule has 1 N–H and O–H groups in total. The lowest BCUT2D eigenvalue weighted by Gasteiger charge is -1.83. The highest BCUT2D eigenvalue weighted by molar-refractivity contribution is 4.98. The van der Waals surface area contributed by atoms with Crippen LogP contribution in [-0.4, -0.2) is 9.97 Å².